The van der Waals surface area contributed by atoms with Crippen molar-refractivity contribution in [3.63, 3.8) is 0 Å². The molecule has 86 valence electrons. The fourth-order valence-electron chi connectivity index (χ4n) is 2.27. The van der Waals surface area contributed by atoms with Gasteiger partial charge in [-0.1, -0.05) is 6.07 Å². The molecule has 0 saturated heterocycles. The molecule has 0 fully saturated rings. The molecule has 0 aliphatic carbocycles. The van der Waals surface area contributed by atoms with Gasteiger partial charge in [0.1, 0.15) is 11.6 Å². The zero-order chi connectivity index (χ0) is 12.0. The molecular formula is C13H13N3O. The molecule has 3 aromatic rings. The van der Waals surface area contributed by atoms with Crippen LogP contribution in [0.5, 0.6) is 5.75 Å². The number of aromatic nitrogens is 2. The molecule has 2 heterocycles. The molecule has 0 radical (unpaired) electrons. The number of fused-ring (bicyclic) bond motifs is 3. The van der Waals surface area contributed by atoms with Crippen molar-refractivity contribution in [2.75, 3.05) is 12.8 Å². The van der Waals surface area contributed by atoms with Crippen LogP contribution in [0.3, 0.4) is 0 Å². The van der Waals surface area contributed by atoms with Gasteiger partial charge in [0.05, 0.1) is 23.8 Å². The van der Waals surface area contributed by atoms with E-state index in [-0.39, 0.29) is 0 Å². The van der Waals surface area contributed by atoms with Crippen LogP contribution in [0.1, 0.15) is 5.69 Å². The van der Waals surface area contributed by atoms with Crippen LogP contribution in [-0.4, -0.2) is 17.1 Å². The molecule has 1 aromatic carbocycles. The summed E-state index contributed by atoms with van der Waals surface area (Å²) in [4.78, 5) is 7.61. The van der Waals surface area contributed by atoms with E-state index in [1.165, 1.54) is 0 Å². The highest BCUT2D eigenvalue weighted by molar-refractivity contribution is 6.11. The minimum Gasteiger partial charge on any atom is -0.496 e. The zero-order valence-electron chi connectivity index (χ0n) is 9.74. The minimum atomic E-state index is 0.529. The largest absolute Gasteiger partial charge is 0.496 e. The summed E-state index contributed by atoms with van der Waals surface area (Å²) in [7, 11) is 1.67. The number of aromatic amines is 1. The predicted octanol–water partition coefficient (Wildman–Crippen LogP) is 2.62. The van der Waals surface area contributed by atoms with E-state index in [1.54, 1.807) is 7.11 Å². The average molecular weight is 227 g/mol. The van der Waals surface area contributed by atoms with Gasteiger partial charge in [0, 0.05) is 10.8 Å². The monoisotopic (exact) mass is 227 g/mol. The Balaban J connectivity index is 2.57. The van der Waals surface area contributed by atoms with Crippen molar-refractivity contribution in [2.24, 2.45) is 0 Å². The number of benzene rings is 1. The quantitative estimate of drug-likeness (QED) is 0.671. The van der Waals surface area contributed by atoms with E-state index in [9.17, 15) is 0 Å². The molecule has 0 spiro atoms. The lowest BCUT2D eigenvalue weighted by molar-refractivity contribution is 0.420. The fourth-order valence-corrected chi connectivity index (χ4v) is 2.27. The van der Waals surface area contributed by atoms with Crippen LogP contribution in [0.4, 0.5) is 5.82 Å². The van der Waals surface area contributed by atoms with Crippen LogP contribution in [-0.2, 0) is 0 Å². The first-order valence-corrected chi connectivity index (χ1v) is 5.42. The summed E-state index contributed by atoms with van der Waals surface area (Å²) in [5.74, 6) is 1.38. The Morgan fingerprint density at radius 2 is 2.18 bits per heavy atom. The first-order chi connectivity index (χ1) is 8.20. The SMILES string of the molecule is COc1cccc2[nH]c3c(C)nc(N)cc3c12. The number of hydrogen-bond acceptors (Lipinski definition) is 3. The molecule has 3 N–H and O–H groups in total. The maximum atomic E-state index is 5.80. The van der Waals surface area contributed by atoms with Gasteiger partial charge in [-0.25, -0.2) is 4.98 Å². The number of nitrogens with one attached hydrogen (secondary N) is 1. The van der Waals surface area contributed by atoms with Crippen LogP contribution in [0.15, 0.2) is 24.3 Å². The molecule has 0 unspecified atom stereocenters. The van der Waals surface area contributed by atoms with Crippen molar-refractivity contribution in [1.29, 1.82) is 0 Å². The molecule has 4 heteroatoms. The Labute approximate surface area is 98.4 Å². The number of hydrogen-bond donors (Lipinski definition) is 2. The number of methoxy groups -OCH3 is 1. The number of pyridine rings is 1. The number of nitrogens with two attached hydrogens (primary N) is 1. The fraction of sp³-hybridized carbons (Fsp3) is 0.154. The normalized spacial score (nSPS) is 11.2. The third-order valence-electron chi connectivity index (χ3n) is 3.00. The van der Waals surface area contributed by atoms with Crippen LogP contribution < -0.4 is 10.5 Å². The third-order valence-corrected chi connectivity index (χ3v) is 3.00. The Hall–Kier alpha value is -2.23. The van der Waals surface area contributed by atoms with Crippen molar-refractivity contribution in [2.45, 2.75) is 6.92 Å². The summed E-state index contributed by atoms with van der Waals surface area (Å²) in [5.41, 5.74) is 8.75. The molecular weight excluding hydrogens is 214 g/mol. The van der Waals surface area contributed by atoms with Crippen LogP contribution in [0.2, 0.25) is 0 Å². The van der Waals surface area contributed by atoms with Crippen LogP contribution in [0, 0.1) is 6.92 Å². The molecule has 0 bridgehead atoms. The summed E-state index contributed by atoms with van der Waals surface area (Å²) in [6, 6.07) is 7.81. The molecule has 0 saturated carbocycles. The second-order valence-electron chi connectivity index (χ2n) is 4.06. The van der Waals surface area contributed by atoms with Crippen molar-refractivity contribution in [1.82, 2.24) is 9.97 Å². The molecule has 0 aliphatic rings. The van der Waals surface area contributed by atoms with E-state index in [2.05, 4.69) is 9.97 Å². The topological polar surface area (TPSA) is 63.9 Å². The second kappa shape index (κ2) is 3.38. The number of ether oxygens (including phenoxy) is 1. The maximum Gasteiger partial charge on any atom is 0.128 e. The Bertz CT molecular complexity index is 715. The van der Waals surface area contributed by atoms with Gasteiger partial charge >= 0.3 is 0 Å². The highest BCUT2D eigenvalue weighted by atomic mass is 16.5. The van der Waals surface area contributed by atoms with Crippen molar-refractivity contribution < 1.29 is 4.74 Å². The van der Waals surface area contributed by atoms with Gasteiger partial charge in [0.25, 0.3) is 0 Å². The summed E-state index contributed by atoms with van der Waals surface area (Å²) in [6.45, 7) is 1.94. The lowest BCUT2D eigenvalue weighted by Crippen LogP contribution is -1.92. The molecule has 2 aromatic heterocycles. The number of rotatable bonds is 1. The van der Waals surface area contributed by atoms with E-state index >= 15 is 0 Å². The van der Waals surface area contributed by atoms with Crippen molar-refractivity contribution in [3.8, 4) is 5.75 Å². The van der Waals surface area contributed by atoms with E-state index in [4.69, 9.17) is 10.5 Å². The first-order valence-electron chi connectivity index (χ1n) is 5.42. The average Bonchev–Trinajstić information content (AvgIpc) is 2.68. The van der Waals surface area contributed by atoms with Crippen molar-refractivity contribution >= 4 is 27.6 Å². The van der Waals surface area contributed by atoms with Crippen LogP contribution >= 0.6 is 0 Å². The van der Waals surface area contributed by atoms with E-state index in [1.807, 2.05) is 31.2 Å². The smallest absolute Gasteiger partial charge is 0.128 e. The summed E-state index contributed by atoms with van der Waals surface area (Å²) in [5, 5.41) is 2.12. The number of nitrogen functional groups attached to an aromatic ring is 1. The standard InChI is InChI=1S/C13H13N3O/c1-7-13-8(6-11(14)15-7)12-9(16-13)4-3-5-10(12)17-2/h3-6,16H,1-2H3,(H2,14,15). The highest BCUT2D eigenvalue weighted by Crippen LogP contribution is 2.34. The highest BCUT2D eigenvalue weighted by Gasteiger charge is 2.11. The van der Waals surface area contributed by atoms with Gasteiger partial charge in [-0.05, 0) is 25.1 Å². The third kappa shape index (κ3) is 1.34. The van der Waals surface area contributed by atoms with Gasteiger partial charge < -0.3 is 15.5 Å². The number of anilines is 1. The summed E-state index contributed by atoms with van der Waals surface area (Å²) >= 11 is 0. The number of aryl methyl sites for hydroxylation is 1. The summed E-state index contributed by atoms with van der Waals surface area (Å²) in [6.07, 6.45) is 0. The van der Waals surface area contributed by atoms with Gasteiger partial charge in [0.2, 0.25) is 0 Å². The predicted molar refractivity (Wildman–Crippen MR) is 69.3 cm³/mol. The lowest BCUT2D eigenvalue weighted by atomic mass is 10.1. The Kier molecular flexibility index (Phi) is 1.98. The summed E-state index contributed by atoms with van der Waals surface area (Å²) < 4.78 is 5.39. The molecule has 0 aliphatic heterocycles. The first kappa shape index (κ1) is 9.96. The van der Waals surface area contributed by atoms with Crippen molar-refractivity contribution in [3.05, 3.63) is 30.0 Å². The van der Waals surface area contributed by atoms with Gasteiger partial charge in [-0.15, -0.1) is 0 Å². The van der Waals surface area contributed by atoms with Gasteiger partial charge in [-0.3, -0.25) is 0 Å². The molecule has 0 amide bonds. The van der Waals surface area contributed by atoms with E-state index in [0.717, 1.165) is 33.2 Å². The van der Waals surface area contributed by atoms with Crippen LogP contribution in [0.25, 0.3) is 21.8 Å². The van der Waals surface area contributed by atoms with Gasteiger partial charge in [0.15, 0.2) is 0 Å². The van der Waals surface area contributed by atoms with E-state index in [0.29, 0.717) is 5.82 Å². The van der Waals surface area contributed by atoms with Gasteiger partial charge in [-0.2, -0.15) is 0 Å². The second-order valence-corrected chi connectivity index (χ2v) is 4.06. The molecule has 0 atom stereocenters. The molecule has 17 heavy (non-hydrogen) atoms. The Morgan fingerprint density at radius 1 is 1.35 bits per heavy atom. The number of nitrogens with zero attached hydrogens (tertiary/aromatic N) is 1. The lowest BCUT2D eigenvalue weighted by Gasteiger charge is -2.02. The maximum absolute atomic E-state index is 5.80. The minimum absolute atomic E-state index is 0.529. The van der Waals surface area contributed by atoms with E-state index < -0.39 is 0 Å². The number of H-pyrrole nitrogens is 1. The zero-order valence-corrected chi connectivity index (χ0v) is 9.74. The molecule has 4 nitrogen and oxygen atoms in total. The molecule has 3 rings (SSSR count). The Morgan fingerprint density at radius 3 is 2.94 bits per heavy atom.